The van der Waals surface area contributed by atoms with Gasteiger partial charge in [-0.25, -0.2) is 4.79 Å². The predicted molar refractivity (Wildman–Crippen MR) is 115 cm³/mol. The number of rotatable bonds is 8. The Morgan fingerprint density at radius 1 is 1.13 bits per heavy atom. The highest BCUT2D eigenvalue weighted by Gasteiger charge is 2.23. The van der Waals surface area contributed by atoms with Crippen LogP contribution in [0.4, 0.5) is 10.5 Å². The molecule has 0 aromatic heterocycles. The predicted octanol–water partition coefficient (Wildman–Crippen LogP) is 6.05. The van der Waals surface area contributed by atoms with E-state index in [1.165, 1.54) is 18.2 Å². The third-order valence-electron chi connectivity index (χ3n) is 4.44. The van der Waals surface area contributed by atoms with Gasteiger partial charge in [-0.1, -0.05) is 37.0 Å². The molecule has 0 aliphatic heterocycles. The molecule has 1 atom stereocenters. The van der Waals surface area contributed by atoms with Crippen LogP contribution in [0.1, 0.15) is 38.7 Å². The summed E-state index contributed by atoms with van der Waals surface area (Å²) in [6.07, 6.45) is -0.00189. The number of hydrogen-bond acceptors (Lipinski definition) is 5. The molecule has 2 aromatic rings. The first-order valence-corrected chi connectivity index (χ1v) is 10.1. The van der Waals surface area contributed by atoms with Crippen molar-refractivity contribution in [3.8, 4) is 17.2 Å². The summed E-state index contributed by atoms with van der Waals surface area (Å²) in [5.74, 6) is -0.370. The minimum atomic E-state index is -1.22. The number of phenols is 1. The largest absolute Gasteiger partial charge is 0.508 e. The Balaban J connectivity index is 2.38. The highest BCUT2D eigenvalue weighted by atomic mass is 35.5. The first kappa shape index (κ1) is 23.6. The topological polar surface area (TPSA) is 96.3 Å². The van der Waals surface area contributed by atoms with Gasteiger partial charge in [0.25, 0.3) is 0 Å². The second-order valence-electron chi connectivity index (χ2n) is 6.55. The molecule has 2 rings (SSSR count). The maximum Gasteiger partial charge on any atom is 0.414 e. The summed E-state index contributed by atoms with van der Waals surface area (Å²) in [6, 6.07) is 7.57. The van der Waals surface area contributed by atoms with Crippen molar-refractivity contribution in [3.63, 3.8) is 0 Å². The number of halogens is 2. The summed E-state index contributed by atoms with van der Waals surface area (Å²) in [6.45, 7) is 5.06. The standard InChI is InChI=1S/C21H23Cl2NO6/c1-4-12(3)15-10-14(6-7-18(15)25)30-20-16(22)8-13(9-17(20)23)24(11-19(26)27)21(28)29-5-2/h6-10,12,25H,4-5,11H2,1-3H3,(H,26,27). The van der Waals surface area contributed by atoms with E-state index in [1.807, 2.05) is 13.8 Å². The Kier molecular flexibility index (Phi) is 8.20. The van der Waals surface area contributed by atoms with Gasteiger partial charge in [-0.05, 0) is 49.6 Å². The molecule has 0 saturated heterocycles. The fraction of sp³-hybridized carbons (Fsp3) is 0.333. The molecule has 1 unspecified atom stereocenters. The molecule has 162 valence electrons. The normalized spacial score (nSPS) is 11.6. The molecule has 0 bridgehead atoms. The molecule has 0 heterocycles. The zero-order valence-corrected chi connectivity index (χ0v) is 18.3. The molecule has 0 radical (unpaired) electrons. The van der Waals surface area contributed by atoms with Gasteiger partial charge < -0.3 is 19.7 Å². The number of carboxylic acids is 1. The number of carbonyl (C=O) groups is 2. The van der Waals surface area contributed by atoms with Crippen LogP contribution in [-0.2, 0) is 9.53 Å². The lowest BCUT2D eigenvalue weighted by Gasteiger charge is -2.21. The smallest absolute Gasteiger partial charge is 0.414 e. The van der Waals surface area contributed by atoms with Crippen LogP contribution in [0.15, 0.2) is 30.3 Å². The van der Waals surface area contributed by atoms with Crippen LogP contribution in [0.5, 0.6) is 17.2 Å². The van der Waals surface area contributed by atoms with Gasteiger partial charge in [-0.2, -0.15) is 0 Å². The van der Waals surface area contributed by atoms with Crippen LogP contribution in [0, 0.1) is 0 Å². The van der Waals surface area contributed by atoms with Crippen molar-refractivity contribution < 1.29 is 29.3 Å². The quantitative estimate of drug-likeness (QED) is 0.502. The summed E-state index contributed by atoms with van der Waals surface area (Å²) >= 11 is 12.6. The lowest BCUT2D eigenvalue weighted by atomic mass is 9.97. The number of nitrogens with zero attached hydrogens (tertiary/aromatic N) is 1. The van der Waals surface area contributed by atoms with Crippen LogP contribution in [0.3, 0.4) is 0 Å². The number of aliphatic carboxylic acids is 1. The maximum atomic E-state index is 12.1. The molecule has 2 N–H and O–H groups in total. The first-order chi connectivity index (χ1) is 14.2. The van der Waals surface area contributed by atoms with E-state index in [1.54, 1.807) is 19.1 Å². The van der Waals surface area contributed by atoms with Crippen LogP contribution >= 0.6 is 23.2 Å². The lowest BCUT2D eigenvalue weighted by Crippen LogP contribution is -2.36. The third kappa shape index (κ3) is 5.70. The third-order valence-corrected chi connectivity index (χ3v) is 5.00. The van der Waals surface area contributed by atoms with E-state index in [4.69, 9.17) is 37.8 Å². The molecule has 7 nitrogen and oxygen atoms in total. The summed E-state index contributed by atoms with van der Waals surface area (Å²) in [4.78, 5) is 24.2. The Hall–Kier alpha value is -2.64. The van der Waals surface area contributed by atoms with Crippen LogP contribution < -0.4 is 9.64 Å². The van der Waals surface area contributed by atoms with Gasteiger partial charge in [0.15, 0.2) is 5.75 Å². The molecule has 0 aliphatic rings. The zero-order chi connectivity index (χ0) is 22.4. The van der Waals surface area contributed by atoms with E-state index in [0.29, 0.717) is 5.75 Å². The Labute approximate surface area is 184 Å². The molecule has 9 heteroatoms. The first-order valence-electron chi connectivity index (χ1n) is 9.33. The van der Waals surface area contributed by atoms with Gasteiger partial charge in [0.1, 0.15) is 18.0 Å². The fourth-order valence-corrected chi connectivity index (χ4v) is 3.28. The van der Waals surface area contributed by atoms with E-state index < -0.39 is 18.6 Å². The zero-order valence-electron chi connectivity index (χ0n) is 16.8. The summed E-state index contributed by atoms with van der Waals surface area (Å²) in [5.41, 5.74) is 0.887. The Bertz CT molecular complexity index is 911. The molecule has 0 aliphatic carbocycles. The number of amides is 1. The van der Waals surface area contributed by atoms with Crippen molar-refractivity contribution in [3.05, 3.63) is 45.9 Å². The average Bonchev–Trinajstić information content (AvgIpc) is 2.69. The lowest BCUT2D eigenvalue weighted by molar-refractivity contribution is -0.135. The summed E-state index contributed by atoms with van der Waals surface area (Å²) in [7, 11) is 0. The number of carboxylic acid groups (broad SMARTS) is 1. The number of hydrogen-bond donors (Lipinski definition) is 2. The van der Waals surface area contributed by atoms with E-state index >= 15 is 0 Å². The SMILES string of the molecule is CCOC(=O)N(CC(=O)O)c1cc(Cl)c(Oc2ccc(O)c(C(C)CC)c2)c(Cl)c1. The maximum absolute atomic E-state index is 12.1. The Morgan fingerprint density at radius 2 is 1.77 bits per heavy atom. The van der Waals surface area contributed by atoms with Gasteiger partial charge in [0.2, 0.25) is 0 Å². The van der Waals surface area contributed by atoms with Crippen LogP contribution in [0.2, 0.25) is 10.0 Å². The summed E-state index contributed by atoms with van der Waals surface area (Å²) < 4.78 is 10.7. The van der Waals surface area contributed by atoms with Gasteiger partial charge >= 0.3 is 12.1 Å². The van der Waals surface area contributed by atoms with E-state index in [-0.39, 0.29) is 39.8 Å². The highest BCUT2D eigenvalue weighted by molar-refractivity contribution is 6.37. The van der Waals surface area contributed by atoms with Crippen molar-refractivity contribution in [1.29, 1.82) is 0 Å². The van der Waals surface area contributed by atoms with Crippen molar-refractivity contribution in [1.82, 2.24) is 0 Å². The molecule has 2 aromatic carbocycles. The van der Waals surface area contributed by atoms with Crippen LogP contribution in [-0.4, -0.2) is 35.4 Å². The molecule has 0 fully saturated rings. The van der Waals surface area contributed by atoms with Crippen molar-refractivity contribution in [2.24, 2.45) is 0 Å². The molecule has 0 saturated carbocycles. The molecular weight excluding hydrogens is 433 g/mol. The fourth-order valence-electron chi connectivity index (χ4n) is 2.73. The number of benzene rings is 2. The number of phenolic OH excluding ortho intramolecular Hbond substituents is 1. The van der Waals surface area contributed by atoms with E-state index in [2.05, 4.69) is 0 Å². The molecule has 0 spiro atoms. The highest BCUT2D eigenvalue weighted by Crippen LogP contribution is 2.41. The monoisotopic (exact) mass is 455 g/mol. The van der Waals surface area contributed by atoms with Crippen molar-refractivity contribution in [2.45, 2.75) is 33.1 Å². The van der Waals surface area contributed by atoms with Crippen molar-refractivity contribution >= 4 is 41.0 Å². The van der Waals surface area contributed by atoms with E-state index in [0.717, 1.165) is 16.9 Å². The second-order valence-corrected chi connectivity index (χ2v) is 7.36. The van der Waals surface area contributed by atoms with Gasteiger partial charge in [-0.15, -0.1) is 0 Å². The second kappa shape index (κ2) is 10.4. The minimum absolute atomic E-state index is 0.0790. The Morgan fingerprint density at radius 3 is 2.30 bits per heavy atom. The number of carbonyl (C=O) groups excluding carboxylic acids is 1. The average molecular weight is 456 g/mol. The number of ether oxygens (including phenoxy) is 2. The van der Waals surface area contributed by atoms with E-state index in [9.17, 15) is 14.7 Å². The number of aromatic hydroxyl groups is 1. The van der Waals surface area contributed by atoms with Gasteiger partial charge in [0.05, 0.1) is 22.3 Å². The molecule has 30 heavy (non-hydrogen) atoms. The number of anilines is 1. The van der Waals surface area contributed by atoms with Gasteiger partial charge in [0, 0.05) is 5.56 Å². The molecule has 1 amide bonds. The van der Waals surface area contributed by atoms with Crippen molar-refractivity contribution in [2.75, 3.05) is 18.1 Å². The summed E-state index contributed by atoms with van der Waals surface area (Å²) in [5, 5.41) is 19.3. The molecular formula is C21H23Cl2NO6. The minimum Gasteiger partial charge on any atom is -0.508 e. The van der Waals surface area contributed by atoms with Crippen LogP contribution in [0.25, 0.3) is 0 Å². The van der Waals surface area contributed by atoms with Gasteiger partial charge in [-0.3, -0.25) is 9.69 Å².